The molecule has 2 aromatic rings. The molecule has 0 radical (unpaired) electrons. The predicted molar refractivity (Wildman–Crippen MR) is 95.4 cm³/mol. The third-order valence-corrected chi connectivity index (χ3v) is 3.57. The van der Waals surface area contributed by atoms with Crippen molar-refractivity contribution in [3.63, 3.8) is 0 Å². The Labute approximate surface area is 142 Å². The van der Waals surface area contributed by atoms with Crippen LogP contribution in [0.2, 0.25) is 0 Å². The van der Waals surface area contributed by atoms with Crippen LogP contribution in [0.1, 0.15) is 31.7 Å². The molecule has 24 heavy (non-hydrogen) atoms. The SMILES string of the molecule is CCCCC(=O)Nc1ccc(NCCc2ccc(OC)cc2)nn1. The van der Waals surface area contributed by atoms with Gasteiger partial charge in [0.05, 0.1) is 7.11 Å². The van der Waals surface area contributed by atoms with Crippen molar-refractivity contribution < 1.29 is 9.53 Å². The van der Waals surface area contributed by atoms with E-state index in [-0.39, 0.29) is 5.91 Å². The second-order valence-corrected chi connectivity index (χ2v) is 5.48. The Balaban J connectivity index is 1.75. The lowest BCUT2D eigenvalue weighted by Crippen LogP contribution is -2.13. The van der Waals surface area contributed by atoms with Gasteiger partial charge in [0.25, 0.3) is 0 Å². The molecule has 0 atom stereocenters. The van der Waals surface area contributed by atoms with Crippen LogP contribution in [-0.4, -0.2) is 29.8 Å². The molecular weight excluding hydrogens is 304 g/mol. The molecule has 6 heteroatoms. The maximum absolute atomic E-state index is 11.6. The van der Waals surface area contributed by atoms with E-state index in [1.165, 1.54) is 5.56 Å². The number of aromatic nitrogens is 2. The van der Waals surface area contributed by atoms with E-state index in [4.69, 9.17) is 4.74 Å². The quantitative estimate of drug-likeness (QED) is 0.739. The predicted octanol–water partition coefficient (Wildman–Crippen LogP) is 3.27. The Hall–Kier alpha value is -2.63. The molecule has 6 nitrogen and oxygen atoms in total. The van der Waals surface area contributed by atoms with Crippen LogP contribution in [0.25, 0.3) is 0 Å². The molecule has 0 aliphatic carbocycles. The number of benzene rings is 1. The summed E-state index contributed by atoms with van der Waals surface area (Å²) in [6, 6.07) is 11.6. The normalized spacial score (nSPS) is 10.2. The molecule has 0 saturated carbocycles. The van der Waals surface area contributed by atoms with E-state index in [2.05, 4.69) is 27.8 Å². The van der Waals surface area contributed by atoms with Crippen molar-refractivity contribution in [2.45, 2.75) is 32.6 Å². The van der Waals surface area contributed by atoms with Crippen molar-refractivity contribution in [3.8, 4) is 5.75 Å². The van der Waals surface area contributed by atoms with E-state index in [0.717, 1.165) is 31.6 Å². The minimum Gasteiger partial charge on any atom is -0.497 e. The zero-order valence-electron chi connectivity index (χ0n) is 14.2. The Morgan fingerprint density at radius 3 is 2.42 bits per heavy atom. The highest BCUT2D eigenvalue weighted by Gasteiger charge is 2.03. The van der Waals surface area contributed by atoms with Crippen molar-refractivity contribution in [1.82, 2.24) is 10.2 Å². The molecule has 1 heterocycles. The number of ether oxygens (including phenoxy) is 1. The number of hydrogen-bond donors (Lipinski definition) is 2. The number of nitrogens with zero attached hydrogens (tertiary/aromatic N) is 2. The molecule has 0 saturated heterocycles. The highest BCUT2D eigenvalue weighted by atomic mass is 16.5. The van der Waals surface area contributed by atoms with E-state index in [1.54, 1.807) is 13.2 Å². The molecule has 1 aromatic carbocycles. The van der Waals surface area contributed by atoms with Crippen molar-refractivity contribution in [1.29, 1.82) is 0 Å². The van der Waals surface area contributed by atoms with Gasteiger partial charge in [-0.15, -0.1) is 10.2 Å². The Kier molecular flexibility index (Phi) is 7.01. The summed E-state index contributed by atoms with van der Waals surface area (Å²) in [7, 11) is 1.66. The summed E-state index contributed by atoms with van der Waals surface area (Å²) in [6.07, 6.45) is 3.27. The third kappa shape index (κ3) is 5.87. The van der Waals surface area contributed by atoms with Gasteiger partial charge in [-0.3, -0.25) is 4.79 Å². The average molecular weight is 328 g/mol. The van der Waals surface area contributed by atoms with Crippen molar-refractivity contribution in [3.05, 3.63) is 42.0 Å². The van der Waals surface area contributed by atoms with Crippen LogP contribution in [0.3, 0.4) is 0 Å². The van der Waals surface area contributed by atoms with E-state index < -0.39 is 0 Å². The first kappa shape index (κ1) is 17.7. The smallest absolute Gasteiger partial charge is 0.225 e. The third-order valence-electron chi connectivity index (χ3n) is 3.57. The zero-order valence-corrected chi connectivity index (χ0v) is 14.2. The monoisotopic (exact) mass is 328 g/mol. The Morgan fingerprint density at radius 2 is 1.79 bits per heavy atom. The van der Waals surface area contributed by atoms with Gasteiger partial charge in [0.1, 0.15) is 11.6 Å². The van der Waals surface area contributed by atoms with Crippen LogP contribution < -0.4 is 15.4 Å². The molecule has 2 N–H and O–H groups in total. The second-order valence-electron chi connectivity index (χ2n) is 5.48. The topological polar surface area (TPSA) is 76.1 Å². The summed E-state index contributed by atoms with van der Waals surface area (Å²) in [5.74, 6) is 2.01. The van der Waals surface area contributed by atoms with Gasteiger partial charge in [-0.25, -0.2) is 0 Å². The average Bonchev–Trinajstić information content (AvgIpc) is 2.62. The second kappa shape index (κ2) is 9.50. The fourth-order valence-electron chi connectivity index (χ4n) is 2.16. The minimum atomic E-state index is -0.0219. The fraction of sp³-hybridized carbons (Fsp3) is 0.389. The minimum absolute atomic E-state index is 0.0219. The first-order chi connectivity index (χ1) is 11.7. The number of amides is 1. The molecule has 0 spiro atoms. The number of nitrogens with one attached hydrogen (secondary N) is 2. The van der Waals surface area contributed by atoms with Gasteiger partial charge in [0.2, 0.25) is 5.91 Å². The van der Waals surface area contributed by atoms with Gasteiger partial charge >= 0.3 is 0 Å². The zero-order chi connectivity index (χ0) is 17.2. The lowest BCUT2D eigenvalue weighted by molar-refractivity contribution is -0.116. The molecule has 0 unspecified atom stereocenters. The summed E-state index contributed by atoms with van der Waals surface area (Å²) in [5.41, 5.74) is 1.22. The molecular formula is C18H24N4O2. The first-order valence-electron chi connectivity index (χ1n) is 8.21. The van der Waals surface area contributed by atoms with Gasteiger partial charge in [0, 0.05) is 13.0 Å². The van der Waals surface area contributed by atoms with Crippen molar-refractivity contribution in [2.24, 2.45) is 0 Å². The van der Waals surface area contributed by atoms with Crippen LogP contribution in [0.5, 0.6) is 5.75 Å². The fourth-order valence-corrected chi connectivity index (χ4v) is 2.16. The first-order valence-corrected chi connectivity index (χ1v) is 8.21. The van der Waals surface area contributed by atoms with Crippen molar-refractivity contribution in [2.75, 3.05) is 24.3 Å². The Morgan fingerprint density at radius 1 is 1.08 bits per heavy atom. The number of carbonyl (C=O) groups excluding carboxylic acids is 1. The Bertz CT molecular complexity index is 626. The lowest BCUT2D eigenvalue weighted by Gasteiger charge is -2.07. The molecule has 0 aliphatic heterocycles. The van der Waals surface area contributed by atoms with E-state index in [1.807, 2.05) is 30.3 Å². The summed E-state index contributed by atoms with van der Waals surface area (Å²) in [5, 5.41) is 14.1. The van der Waals surface area contributed by atoms with Gasteiger partial charge in [-0.05, 0) is 42.7 Å². The van der Waals surface area contributed by atoms with E-state index in [9.17, 15) is 4.79 Å². The van der Waals surface area contributed by atoms with Gasteiger partial charge < -0.3 is 15.4 Å². The number of methoxy groups -OCH3 is 1. The summed E-state index contributed by atoms with van der Waals surface area (Å²) in [4.78, 5) is 11.6. The van der Waals surface area contributed by atoms with Crippen LogP contribution >= 0.6 is 0 Å². The van der Waals surface area contributed by atoms with Crippen molar-refractivity contribution >= 4 is 17.5 Å². The van der Waals surface area contributed by atoms with Gasteiger partial charge in [-0.2, -0.15) is 0 Å². The molecule has 1 aromatic heterocycles. The van der Waals surface area contributed by atoms with Gasteiger partial charge in [-0.1, -0.05) is 25.5 Å². The lowest BCUT2D eigenvalue weighted by atomic mass is 10.1. The largest absolute Gasteiger partial charge is 0.497 e. The maximum atomic E-state index is 11.6. The van der Waals surface area contributed by atoms with E-state index >= 15 is 0 Å². The highest BCUT2D eigenvalue weighted by Crippen LogP contribution is 2.12. The molecule has 0 fully saturated rings. The van der Waals surface area contributed by atoms with Crippen LogP contribution in [0, 0.1) is 0 Å². The standard InChI is InChI=1S/C18H24N4O2/c1-3-4-5-18(23)20-17-11-10-16(21-22-17)19-13-12-14-6-8-15(24-2)9-7-14/h6-11H,3-5,12-13H2,1-2H3,(H,19,21)(H,20,22,23). The molecule has 0 bridgehead atoms. The summed E-state index contributed by atoms with van der Waals surface area (Å²) in [6.45, 7) is 2.81. The number of carbonyl (C=O) groups is 1. The van der Waals surface area contributed by atoms with Crippen LogP contribution in [-0.2, 0) is 11.2 Å². The number of unbranched alkanes of at least 4 members (excludes halogenated alkanes) is 1. The number of hydrogen-bond acceptors (Lipinski definition) is 5. The van der Waals surface area contributed by atoms with E-state index in [0.29, 0.717) is 18.1 Å². The highest BCUT2D eigenvalue weighted by molar-refractivity contribution is 5.89. The van der Waals surface area contributed by atoms with Crippen LogP contribution in [0.4, 0.5) is 11.6 Å². The van der Waals surface area contributed by atoms with Crippen LogP contribution in [0.15, 0.2) is 36.4 Å². The van der Waals surface area contributed by atoms with Gasteiger partial charge in [0.15, 0.2) is 5.82 Å². The molecule has 2 rings (SSSR count). The summed E-state index contributed by atoms with van der Waals surface area (Å²) < 4.78 is 5.14. The molecule has 1 amide bonds. The number of rotatable bonds is 9. The molecule has 128 valence electrons. The maximum Gasteiger partial charge on any atom is 0.225 e. The molecule has 0 aliphatic rings. The summed E-state index contributed by atoms with van der Waals surface area (Å²) >= 11 is 0. The number of anilines is 2.